The van der Waals surface area contributed by atoms with Gasteiger partial charge in [0.25, 0.3) is 0 Å². The van der Waals surface area contributed by atoms with Crippen LogP contribution in [0.4, 0.5) is 14.5 Å². The minimum Gasteiger partial charge on any atom is -0.435 e. The van der Waals surface area contributed by atoms with Crippen LogP contribution in [0.3, 0.4) is 0 Å². The molecule has 0 atom stereocenters. The Balaban J connectivity index is 1.82. The Morgan fingerprint density at radius 3 is 2.52 bits per heavy atom. The zero-order valence-electron chi connectivity index (χ0n) is 15.2. The van der Waals surface area contributed by atoms with Crippen molar-refractivity contribution in [2.75, 3.05) is 18.0 Å². The number of ketones is 1. The van der Waals surface area contributed by atoms with Crippen molar-refractivity contribution >= 4 is 17.3 Å². The number of alkyl halides is 2. The zero-order valence-corrected chi connectivity index (χ0v) is 15.2. The molecule has 142 valence electrons. The molecule has 0 N–H and O–H groups in total. The molecular weight excluding hydrogens is 350 g/mol. The van der Waals surface area contributed by atoms with E-state index in [0.29, 0.717) is 5.56 Å². The maximum absolute atomic E-state index is 12.8. The number of carbonyl (C=O) groups excluding carboxylic acids is 1. The van der Waals surface area contributed by atoms with Crippen LogP contribution in [0.1, 0.15) is 35.2 Å². The number of benzene rings is 2. The van der Waals surface area contributed by atoms with Crippen LogP contribution in [0.2, 0.25) is 0 Å². The van der Waals surface area contributed by atoms with Crippen LogP contribution in [0, 0.1) is 6.92 Å². The highest BCUT2D eigenvalue weighted by Crippen LogP contribution is 2.24. The zero-order chi connectivity index (χ0) is 19.2. The number of halogens is 2. The maximum Gasteiger partial charge on any atom is 0.387 e. The molecule has 0 radical (unpaired) electrons. The van der Waals surface area contributed by atoms with Crippen molar-refractivity contribution in [2.24, 2.45) is 4.99 Å². The second kappa shape index (κ2) is 8.75. The predicted octanol–water partition coefficient (Wildman–Crippen LogP) is 4.87. The number of amidine groups is 1. The van der Waals surface area contributed by atoms with Crippen molar-refractivity contribution in [2.45, 2.75) is 32.8 Å². The monoisotopic (exact) mass is 372 g/mol. The summed E-state index contributed by atoms with van der Waals surface area (Å²) in [5, 5.41) is 0. The molecule has 0 unspecified atom stereocenters. The molecule has 0 bridgehead atoms. The summed E-state index contributed by atoms with van der Waals surface area (Å²) >= 11 is 0. The van der Waals surface area contributed by atoms with E-state index >= 15 is 0 Å². The van der Waals surface area contributed by atoms with Crippen LogP contribution in [0.25, 0.3) is 0 Å². The van der Waals surface area contributed by atoms with Crippen LogP contribution < -0.4 is 9.64 Å². The highest BCUT2D eigenvalue weighted by atomic mass is 19.3. The Kier molecular flexibility index (Phi) is 6.16. The van der Waals surface area contributed by atoms with Gasteiger partial charge < -0.3 is 9.64 Å². The molecule has 0 amide bonds. The van der Waals surface area contributed by atoms with Gasteiger partial charge in [-0.25, -0.2) is 0 Å². The molecular formula is C21H22F2N2O2. The third kappa shape index (κ3) is 4.90. The van der Waals surface area contributed by atoms with E-state index < -0.39 is 6.61 Å². The van der Waals surface area contributed by atoms with Crippen molar-refractivity contribution in [3.05, 3.63) is 59.7 Å². The Morgan fingerprint density at radius 2 is 1.89 bits per heavy atom. The summed E-state index contributed by atoms with van der Waals surface area (Å²) in [5.41, 5.74) is 2.48. The minimum atomic E-state index is -2.88. The molecule has 6 heteroatoms. The minimum absolute atomic E-state index is 0.0361. The maximum atomic E-state index is 12.8. The third-order valence-electron chi connectivity index (χ3n) is 4.52. The van der Waals surface area contributed by atoms with Crippen LogP contribution in [0.5, 0.6) is 5.75 Å². The highest BCUT2D eigenvalue weighted by molar-refractivity contribution is 6.07. The van der Waals surface area contributed by atoms with E-state index in [-0.39, 0.29) is 18.1 Å². The van der Waals surface area contributed by atoms with Crippen LogP contribution in [-0.2, 0) is 0 Å². The molecule has 0 saturated heterocycles. The number of aryl methyl sites for hydroxylation is 1. The molecule has 0 saturated carbocycles. The highest BCUT2D eigenvalue weighted by Gasteiger charge is 2.21. The third-order valence-corrected chi connectivity index (χ3v) is 4.52. The van der Waals surface area contributed by atoms with Gasteiger partial charge >= 0.3 is 6.61 Å². The van der Waals surface area contributed by atoms with E-state index in [4.69, 9.17) is 0 Å². The molecule has 3 rings (SSSR count). The van der Waals surface area contributed by atoms with Crippen LogP contribution in [0.15, 0.2) is 53.5 Å². The molecule has 2 aromatic carbocycles. The van der Waals surface area contributed by atoms with Crippen molar-refractivity contribution in [1.29, 1.82) is 0 Å². The molecule has 0 aliphatic carbocycles. The topological polar surface area (TPSA) is 41.9 Å². The number of ether oxygens (including phenoxy) is 1. The van der Waals surface area contributed by atoms with E-state index in [1.54, 1.807) is 0 Å². The van der Waals surface area contributed by atoms with Gasteiger partial charge in [0.1, 0.15) is 11.6 Å². The first-order valence-electron chi connectivity index (χ1n) is 8.99. The number of aliphatic imine (C=N–C) groups is 1. The van der Waals surface area contributed by atoms with E-state index in [9.17, 15) is 13.6 Å². The van der Waals surface area contributed by atoms with Gasteiger partial charge in [-0.3, -0.25) is 9.79 Å². The molecule has 27 heavy (non-hydrogen) atoms. The van der Waals surface area contributed by atoms with Crippen LogP contribution in [-0.4, -0.2) is 31.3 Å². The van der Waals surface area contributed by atoms with Crippen molar-refractivity contribution in [3.63, 3.8) is 0 Å². The van der Waals surface area contributed by atoms with Crippen molar-refractivity contribution in [3.8, 4) is 5.75 Å². The smallest absolute Gasteiger partial charge is 0.387 e. The second-order valence-corrected chi connectivity index (χ2v) is 6.45. The quantitative estimate of drug-likeness (QED) is 0.680. The fourth-order valence-electron chi connectivity index (χ4n) is 3.14. The number of nitrogens with zero attached hydrogens (tertiary/aromatic N) is 2. The van der Waals surface area contributed by atoms with Gasteiger partial charge in [-0.15, -0.1) is 0 Å². The molecule has 1 aliphatic heterocycles. The number of para-hydroxylation sites is 1. The number of hydrogen-bond acceptors (Lipinski definition) is 4. The predicted molar refractivity (Wildman–Crippen MR) is 102 cm³/mol. The largest absolute Gasteiger partial charge is 0.435 e. The Bertz CT molecular complexity index is 819. The lowest BCUT2D eigenvalue weighted by molar-refractivity contribution is -0.0498. The SMILES string of the molecule is Cc1ccccc1N(CC(=O)c1ccc(OC(F)F)cc1)C1=NCCCC1. The fourth-order valence-corrected chi connectivity index (χ4v) is 3.14. The Labute approximate surface area is 157 Å². The lowest BCUT2D eigenvalue weighted by Gasteiger charge is -2.29. The number of hydrogen-bond donors (Lipinski definition) is 0. The summed E-state index contributed by atoms with van der Waals surface area (Å²) in [6.45, 7) is 0.0455. The van der Waals surface area contributed by atoms with Gasteiger partial charge in [-0.2, -0.15) is 8.78 Å². The Hall–Kier alpha value is -2.76. The lowest BCUT2D eigenvalue weighted by Crippen LogP contribution is -2.37. The first kappa shape index (κ1) is 19.0. The summed E-state index contributed by atoms with van der Waals surface area (Å²) in [6, 6.07) is 13.7. The molecule has 0 aromatic heterocycles. The van der Waals surface area contributed by atoms with Gasteiger partial charge in [0.15, 0.2) is 5.78 Å². The van der Waals surface area contributed by atoms with E-state index in [1.165, 1.54) is 24.3 Å². The van der Waals surface area contributed by atoms with E-state index in [0.717, 1.165) is 42.9 Å². The normalized spacial score (nSPS) is 14.0. The summed E-state index contributed by atoms with van der Waals surface area (Å²) < 4.78 is 28.9. The molecule has 2 aromatic rings. The number of Topliss-reactive ketones (excluding diaryl/α,β-unsaturated/α-hetero) is 1. The van der Waals surface area contributed by atoms with Gasteiger partial charge in [0, 0.05) is 24.2 Å². The molecule has 1 aliphatic rings. The summed E-state index contributed by atoms with van der Waals surface area (Å²) in [5.74, 6) is 0.852. The summed E-state index contributed by atoms with van der Waals surface area (Å²) in [6.07, 6.45) is 2.95. The summed E-state index contributed by atoms with van der Waals surface area (Å²) in [7, 11) is 0. The number of rotatable bonds is 6. The number of anilines is 1. The molecule has 0 spiro atoms. The van der Waals surface area contributed by atoms with Gasteiger partial charge in [0.2, 0.25) is 0 Å². The fraction of sp³-hybridized carbons (Fsp3) is 0.333. The van der Waals surface area contributed by atoms with Gasteiger partial charge in [-0.1, -0.05) is 18.2 Å². The summed E-state index contributed by atoms with van der Waals surface area (Å²) in [4.78, 5) is 19.4. The standard InChI is InChI=1S/C21H22F2N2O2/c1-15-6-2-3-7-18(15)25(20-8-4-5-13-24-20)14-19(26)16-9-11-17(12-10-16)27-21(22)23/h2-3,6-7,9-12,21H,4-5,8,13-14H2,1H3. The van der Waals surface area contributed by atoms with E-state index in [2.05, 4.69) is 9.73 Å². The molecule has 0 fully saturated rings. The average Bonchev–Trinajstić information content (AvgIpc) is 2.67. The Morgan fingerprint density at radius 1 is 1.15 bits per heavy atom. The first-order chi connectivity index (χ1) is 13.0. The van der Waals surface area contributed by atoms with Crippen molar-refractivity contribution in [1.82, 2.24) is 0 Å². The molecule has 1 heterocycles. The molecule has 4 nitrogen and oxygen atoms in total. The van der Waals surface area contributed by atoms with Gasteiger partial charge in [0.05, 0.1) is 6.54 Å². The second-order valence-electron chi connectivity index (χ2n) is 6.45. The first-order valence-corrected chi connectivity index (χ1v) is 8.99. The lowest BCUT2D eigenvalue weighted by atomic mass is 10.1. The van der Waals surface area contributed by atoms with E-state index in [1.807, 2.05) is 36.1 Å². The van der Waals surface area contributed by atoms with Crippen LogP contribution >= 0.6 is 0 Å². The number of carbonyl (C=O) groups is 1. The van der Waals surface area contributed by atoms with Crippen molar-refractivity contribution < 1.29 is 18.3 Å². The van der Waals surface area contributed by atoms with Gasteiger partial charge in [-0.05, 0) is 55.7 Å². The average molecular weight is 372 g/mol.